The number of carbonyl (C=O) groups is 1. The van der Waals surface area contributed by atoms with Crippen LogP contribution in [0.3, 0.4) is 0 Å². The molecule has 0 saturated heterocycles. The first-order valence-corrected chi connectivity index (χ1v) is 11.8. The number of amides is 2. The van der Waals surface area contributed by atoms with Crippen molar-refractivity contribution in [2.24, 2.45) is 5.92 Å². The summed E-state index contributed by atoms with van der Waals surface area (Å²) >= 11 is 0. The fourth-order valence-corrected chi connectivity index (χ4v) is 5.22. The highest BCUT2D eigenvalue weighted by molar-refractivity contribution is 6.01. The third-order valence-corrected chi connectivity index (χ3v) is 6.99. The van der Waals surface area contributed by atoms with E-state index in [4.69, 9.17) is 5.73 Å². The summed E-state index contributed by atoms with van der Waals surface area (Å²) in [6.45, 7) is 5.77. The number of hydrogen-bond acceptors (Lipinski definition) is 4. The Labute approximate surface area is 189 Å². The SMILES string of the molecule is CC(C)n1cc(-c2ccc3c(c2)CCN3C(=O)NCC2CCCCC2)c2c(N)ncnc21. The molecule has 2 amide bonds. The van der Waals surface area contributed by atoms with Gasteiger partial charge in [-0.2, -0.15) is 0 Å². The number of fused-ring (bicyclic) bond motifs is 2. The Kier molecular flexibility index (Phi) is 5.49. The van der Waals surface area contributed by atoms with Gasteiger partial charge in [0.25, 0.3) is 0 Å². The molecule has 2 aromatic heterocycles. The highest BCUT2D eigenvalue weighted by Crippen LogP contribution is 2.38. The zero-order valence-electron chi connectivity index (χ0n) is 19.0. The van der Waals surface area contributed by atoms with Crippen LogP contribution in [-0.4, -0.2) is 33.7 Å². The van der Waals surface area contributed by atoms with E-state index in [1.165, 1.54) is 44.0 Å². The summed E-state index contributed by atoms with van der Waals surface area (Å²) in [5.74, 6) is 1.12. The van der Waals surface area contributed by atoms with Gasteiger partial charge in [-0.25, -0.2) is 14.8 Å². The fourth-order valence-electron chi connectivity index (χ4n) is 5.22. The molecule has 0 unspecified atom stereocenters. The molecular weight excluding hydrogens is 400 g/mol. The Bertz CT molecular complexity index is 1140. The van der Waals surface area contributed by atoms with Crippen LogP contribution in [0, 0.1) is 5.92 Å². The lowest BCUT2D eigenvalue weighted by atomic mass is 9.89. The summed E-state index contributed by atoms with van der Waals surface area (Å²) in [6.07, 6.45) is 10.9. The Morgan fingerprint density at radius 2 is 2.03 bits per heavy atom. The number of carbonyl (C=O) groups excluding carboxylic acids is 1. The van der Waals surface area contributed by atoms with Crippen LogP contribution in [-0.2, 0) is 6.42 Å². The van der Waals surface area contributed by atoms with Crippen LogP contribution in [0.2, 0.25) is 0 Å². The molecule has 0 radical (unpaired) electrons. The first kappa shape index (κ1) is 20.8. The van der Waals surface area contributed by atoms with Crippen molar-refractivity contribution < 1.29 is 4.79 Å². The number of rotatable bonds is 4. The fraction of sp³-hybridized carbons (Fsp3) is 0.480. The van der Waals surface area contributed by atoms with Gasteiger partial charge in [0.2, 0.25) is 0 Å². The van der Waals surface area contributed by atoms with Crippen molar-refractivity contribution >= 4 is 28.6 Å². The molecule has 2 aliphatic rings. The second-order valence-electron chi connectivity index (χ2n) is 9.44. The number of nitrogen functional groups attached to an aromatic ring is 1. The molecule has 168 valence electrons. The minimum atomic E-state index is 0.0242. The van der Waals surface area contributed by atoms with Gasteiger partial charge in [0, 0.05) is 36.6 Å². The Balaban J connectivity index is 1.40. The van der Waals surface area contributed by atoms with Gasteiger partial charge in [-0.15, -0.1) is 0 Å². The molecule has 7 nitrogen and oxygen atoms in total. The third kappa shape index (κ3) is 3.70. The Hall–Kier alpha value is -3.09. The summed E-state index contributed by atoms with van der Waals surface area (Å²) in [6, 6.07) is 6.62. The molecule has 1 aromatic carbocycles. The lowest BCUT2D eigenvalue weighted by Crippen LogP contribution is -2.41. The standard InChI is InChI=1S/C25H32N6O/c1-16(2)31-14-20(22-23(26)28-15-29-24(22)31)18-8-9-21-19(12-18)10-11-30(21)25(32)27-13-17-6-4-3-5-7-17/h8-9,12,14-17H,3-7,10-11,13H2,1-2H3,(H,27,32)(H2,26,28,29). The molecule has 3 heterocycles. The molecule has 0 bridgehead atoms. The maximum Gasteiger partial charge on any atom is 0.321 e. The first-order valence-electron chi connectivity index (χ1n) is 11.8. The van der Waals surface area contributed by atoms with Crippen molar-refractivity contribution in [2.45, 2.75) is 58.4 Å². The van der Waals surface area contributed by atoms with Crippen molar-refractivity contribution in [1.82, 2.24) is 19.9 Å². The van der Waals surface area contributed by atoms with Gasteiger partial charge in [0.1, 0.15) is 17.8 Å². The second-order valence-corrected chi connectivity index (χ2v) is 9.44. The van der Waals surface area contributed by atoms with Gasteiger partial charge in [0.05, 0.1) is 5.39 Å². The monoisotopic (exact) mass is 432 g/mol. The Morgan fingerprint density at radius 1 is 1.22 bits per heavy atom. The largest absolute Gasteiger partial charge is 0.383 e. The number of nitrogens with zero attached hydrogens (tertiary/aromatic N) is 4. The zero-order chi connectivity index (χ0) is 22.2. The van der Waals surface area contributed by atoms with Crippen LogP contribution in [0.15, 0.2) is 30.7 Å². The van der Waals surface area contributed by atoms with Crippen molar-refractivity contribution in [3.8, 4) is 11.1 Å². The molecular formula is C25H32N6O. The molecule has 32 heavy (non-hydrogen) atoms. The van der Waals surface area contributed by atoms with Crippen LogP contribution < -0.4 is 16.0 Å². The van der Waals surface area contributed by atoms with Gasteiger partial charge in [-0.3, -0.25) is 4.90 Å². The average molecular weight is 433 g/mol. The van der Waals surface area contributed by atoms with E-state index in [2.05, 4.69) is 58.1 Å². The smallest absolute Gasteiger partial charge is 0.321 e. The predicted octanol–water partition coefficient (Wildman–Crippen LogP) is 4.91. The van der Waals surface area contributed by atoms with Crippen molar-refractivity contribution in [1.29, 1.82) is 0 Å². The van der Waals surface area contributed by atoms with Crippen LogP contribution >= 0.6 is 0 Å². The Morgan fingerprint density at radius 3 is 2.81 bits per heavy atom. The summed E-state index contributed by atoms with van der Waals surface area (Å²) in [7, 11) is 0. The highest BCUT2D eigenvalue weighted by Gasteiger charge is 2.26. The molecule has 1 saturated carbocycles. The lowest BCUT2D eigenvalue weighted by molar-refractivity contribution is 0.242. The second kappa shape index (κ2) is 8.45. The summed E-state index contributed by atoms with van der Waals surface area (Å²) < 4.78 is 2.14. The first-order chi connectivity index (χ1) is 15.5. The number of nitrogens with one attached hydrogen (secondary N) is 1. The molecule has 0 spiro atoms. The van der Waals surface area contributed by atoms with E-state index in [-0.39, 0.29) is 12.1 Å². The van der Waals surface area contributed by atoms with E-state index in [0.717, 1.165) is 40.8 Å². The van der Waals surface area contributed by atoms with E-state index in [9.17, 15) is 4.79 Å². The number of hydrogen-bond donors (Lipinski definition) is 2. The molecule has 3 aromatic rings. The van der Waals surface area contributed by atoms with E-state index >= 15 is 0 Å². The maximum absolute atomic E-state index is 12.9. The summed E-state index contributed by atoms with van der Waals surface area (Å²) in [5.41, 5.74) is 11.4. The van der Waals surface area contributed by atoms with Crippen molar-refractivity contribution in [3.05, 3.63) is 36.3 Å². The van der Waals surface area contributed by atoms with E-state index in [1.54, 1.807) is 0 Å². The van der Waals surface area contributed by atoms with Gasteiger partial charge in [-0.1, -0.05) is 25.3 Å². The van der Waals surface area contributed by atoms with E-state index < -0.39 is 0 Å². The van der Waals surface area contributed by atoms with Gasteiger partial charge in [-0.05, 0) is 62.3 Å². The van der Waals surface area contributed by atoms with Crippen LogP contribution in [0.25, 0.3) is 22.2 Å². The van der Waals surface area contributed by atoms with Crippen LogP contribution in [0.5, 0.6) is 0 Å². The summed E-state index contributed by atoms with van der Waals surface area (Å²) in [5, 5.41) is 4.07. The van der Waals surface area contributed by atoms with Gasteiger partial charge >= 0.3 is 6.03 Å². The minimum absolute atomic E-state index is 0.0242. The van der Waals surface area contributed by atoms with Crippen molar-refractivity contribution in [2.75, 3.05) is 23.7 Å². The molecule has 1 aliphatic carbocycles. The van der Waals surface area contributed by atoms with Gasteiger partial charge < -0.3 is 15.6 Å². The maximum atomic E-state index is 12.9. The number of anilines is 2. The number of urea groups is 1. The molecule has 3 N–H and O–H groups in total. The van der Waals surface area contributed by atoms with Crippen LogP contribution in [0.1, 0.15) is 57.6 Å². The van der Waals surface area contributed by atoms with Crippen molar-refractivity contribution in [3.63, 3.8) is 0 Å². The molecule has 7 heteroatoms. The topological polar surface area (TPSA) is 89.1 Å². The summed E-state index contributed by atoms with van der Waals surface area (Å²) in [4.78, 5) is 23.5. The van der Waals surface area contributed by atoms with Gasteiger partial charge in [0.15, 0.2) is 0 Å². The van der Waals surface area contributed by atoms with E-state index in [1.807, 2.05) is 4.90 Å². The number of aromatic nitrogens is 3. The molecule has 1 fully saturated rings. The number of benzene rings is 1. The zero-order valence-corrected chi connectivity index (χ0v) is 19.0. The quantitative estimate of drug-likeness (QED) is 0.613. The predicted molar refractivity (Wildman–Crippen MR) is 129 cm³/mol. The van der Waals surface area contributed by atoms with Crippen LogP contribution in [0.4, 0.5) is 16.3 Å². The number of nitrogens with two attached hydrogens (primary N) is 1. The highest BCUT2D eigenvalue weighted by atomic mass is 16.2. The molecule has 0 atom stereocenters. The normalized spacial score (nSPS) is 16.7. The third-order valence-electron chi connectivity index (χ3n) is 6.99. The molecule has 1 aliphatic heterocycles. The molecule has 5 rings (SSSR count). The lowest BCUT2D eigenvalue weighted by Gasteiger charge is -2.24. The van der Waals surface area contributed by atoms with E-state index in [0.29, 0.717) is 18.3 Å². The average Bonchev–Trinajstić information content (AvgIpc) is 3.40. The minimum Gasteiger partial charge on any atom is -0.383 e.